The average Bonchev–Trinajstić information content (AvgIpc) is 2.70. The van der Waals surface area contributed by atoms with E-state index in [1.807, 2.05) is 16.9 Å². The van der Waals surface area contributed by atoms with Crippen molar-refractivity contribution in [1.29, 1.82) is 0 Å². The van der Waals surface area contributed by atoms with Gasteiger partial charge < -0.3 is 4.43 Å². The van der Waals surface area contributed by atoms with Crippen molar-refractivity contribution in [2.45, 2.75) is 58.8 Å². The molecule has 0 aliphatic heterocycles. The lowest BCUT2D eigenvalue weighted by atomic mass is 10.2. The fraction of sp³-hybridized carbons (Fsp3) is 0.714. The molecule has 0 bridgehead atoms. The van der Waals surface area contributed by atoms with Crippen molar-refractivity contribution in [2.24, 2.45) is 0 Å². The van der Waals surface area contributed by atoms with Crippen molar-refractivity contribution in [3.63, 3.8) is 0 Å². The highest BCUT2D eigenvalue weighted by Crippen LogP contribution is 2.36. The molecule has 1 heterocycles. The molecule has 0 aromatic carbocycles. The van der Waals surface area contributed by atoms with E-state index in [0.29, 0.717) is 5.04 Å². The Bertz CT molecular complexity index is 430. The topological polar surface area (TPSA) is 61.2 Å². The van der Waals surface area contributed by atoms with E-state index < -0.39 is 8.32 Å². The second-order valence-electron chi connectivity index (χ2n) is 6.24. The SMILES string of the molecule is Cc1ccnn1CCCO[Si](C)(C)C(C)(C)C.O=C=O. The lowest BCUT2D eigenvalue weighted by molar-refractivity contribution is -0.191. The van der Waals surface area contributed by atoms with Crippen LogP contribution in [-0.2, 0) is 20.6 Å². The predicted molar refractivity (Wildman–Crippen MR) is 79.7 cm³/mol. The molecule has 114 valence electrons. The quantitative estimate of drug-likeness (QED) is 0.619. The van der Waals surface area contributed by atoms with Crippen molar-refractivity contribution in [1.82, 2.24) is 9.78 Å². The van der Waals surface area contributed by atoms with Gasteiger partial charge in [-0.1, -0.05) is 20.8 Å². The van der Waals surface area contributed by atoms with Crippen molar-refractivity contribution < 1.29 is 14.0 Å². The van der Waals surface area contributed by atoms with Crippen LogP contribution in [0.25, 0.3) is 0 Å². The van der Waals surface area contributed by atoms with Crippen LogP contribution in [0, 0.1) is 6.92 Å². The summed E-state index contributed by atoms with van der Waals surface area (Å²) in [5.74, 6) is 0. The summed E-state index contributed by atoms with van der Waals surface area (Å²) >= 11 is 0. The standard InChI is InChI=1S/C13H26N2OSi.CO2/c1-12-8-9-14-15(12)10-7-11-16-17(5,6)13(2,3)4;2-1-3/h8-9H,7,10-11H2,1-6H3;. The Hall–Kier alpha value is -1.23. The van der Waals surface area contributed by atoms with Gasteiger partial charge in [-0.3, -0.25) is 4.68 Å². The van der Waals surface area contributed by atoms with Gasteiger partial charge in [0.05, 0.1) is 0 Å². The van der Waals surface area contributed by atoms with Crippen LogP contribution in [0.15, 0.2) is 12.3 Å². The Kier molecular flexibility index (Phi) is 7.64. The van der Waals surface area contributed by atoms with Crippen molar-refractivity contribution in [3.05, 3.63) is 18.0 Å². The molecule has 1 aromatic heterocycles. The number of aromatic nitrogens is 2. The van der Waals surface area contributed by atoms with Gasteiger partial charge in [0.1, 0.15) is 0 Å². The Morgan fingerprint density at radius 3 is 2.30 bits per heavy atom. The highest BCUT2D eigenvalue weighted by atomic mass is 28.4. The molecule has 1 aromatic rings. The Balaban J connectivity index is 0.00000110. The molecule has 1 rings (SSSR count). The van der Waals surface area contributed by atoms with Gasteiger partial charge in [0.25, 0.3) is 0 Å². The summed E-state index contributed by atoms with van der Waals surface area (Å²) < 4.78 is 8.17. The van der Waals surface area contributed by atoms with E-state index in [4.69, 9.17) is 14.0 Å². The van der Waals surface area contributed by atoms with Crippen LogP contribution in [0.3, 0.4) is 0 Å². The number of aryl methyl sites for hydroxylation is 2. The molecule has 0 saturated carbocycles. The first-order chi connectivity index (χ1) is 9.15. The van der Waals surface area contributed by atoms with E-state index in [0.717, 1.165) is 19.6 Å². The van der Waals surface area contributed by atoms with E-state index >= 15 is 0 Å². The zero-order chi connectivity index (χ0) is 15.8. The monoisotopic (exact) mass is 298 g/mol. The van der Waals surface area contributed by atoms with Gasteiger partial charge in [-0.15, -0.1) is 0 Å². The van der Waals surface area contributed by atoms with Crippen LogP contribution in [0.2, 0.25) is 18.1 Å². The highest BCUT2D eigenvalue weighted by Gasteiger charge is 2.36. The molecule has 6 heteroatoms. The Morgan fingerprint density at radius 2 is 1.90 bits per heavy atom. The summed E-state index contributed by atoms with van der Waals surface area (Å²) in [4.78, 5) is 16.2. The third-order valence-electron chi connectivity index (χ3n) is 3.71. The third kappa shape index (κ3) is 6.28. The smallest absolute Gasteiger partial charge is 0.373 e. The van der Waals surface area contributed by atoms with Gasteiger partial charge in [-0.05, 0) is 37.5 Å². The lowest BCUT2D eigenvalue weighted by Gasteiger charge is -2.36. The molecule has 5 nitrogen and oxygen atoms in total. The van der Waals surface area contributed by atoms with E-state index in [2.05, 4.69) is 45.9 Å². The second kappa shape index (κ2) is 8.14. The summed E-state index contributed by atoms with van der Waals surface area (Å²) in [7, 11) is -1.57. The number of rotatable bonds is 5. The van der Waals surface area contributed by atoms with E-state index in [1.165, 1.54) is 5.69 Å². The number of carbonyl (C=O) groups excluding carboxylic acids is 2. The molecule has 20 heavy (non-hydrogen) atoms. The summed E-state index contributed by atoms with van der Waals surface area (Å²) in [5, 5.41) is 4.57. The molecule has 0 spiro atoms. The molecule has 0 N–H and O–H groups in total. The fourth-order valence-electron chi connectivity index (χ4n) is 1.39. The van der Waals surface area contributed by atoms with E-state index in [9.17, 15) is 0 Å². The molecule has 0 amide bonds. The van der Waals surface area contributed by atoms with E-state index in [-0.39, 0.29) is 6.15 Å². The summed E-state index contributed by atoms with van der Waals surface area (Å²) in [6.07, 6.45) is 3.14. The molecule has 0 saturated heterocycles. The molecule has 0 unspecified atom stereocenters. The van der Waals surface area contributed by atoms with Crippen LogP contribution in [-0.4, -0.2) is 30.9 Å². The predicted octanol–water partition coefficient (Wildman–Crippen LogP) is 3.02. The third-order valence-corrected chi connectivity index (χ3v) is 8.25. The molecule has 0 aliphatic carbocycles. The van der Waals surface area contributed by atoms with Crippen LogP contribution in [0.4, 0.5) is 0 Å². The Labute approximate surface area is 122 Å². The molecule has 0 fully saturated rings. The van der Waals surface area contributed by atoms with Crippen molar-refractivity contribution in [2.75, 3.05) is 6.61 Å². The summed E-state index contributed by atoms with van der Waals surface area (Å²) in [5.41, 5.74) is 1.22. The number of hydrogen-bond acceptors (Lipinski definition) is 4. The van der Waals surface area contributed by atoms with Gasteiger partial charge in [0.2, 0.25) is 0 Å². The Morgan fingerprint density at radius 1 is 1.35 bits per heavy atom. The minimum atomic E-state index is -1.57. The minimum absolute atomic E-state index is 0.250. The van der Waals surface area contributed by atoms with Gasteiger partial charge in [0, 0.05) is 25.0 Å². The molecule has 0 atom stereocenters. The highest BCUT2D eigenvalue weighted by molar-refractivity contribution is 6.74. The lowest BCUT2D eigenvalue weighted by Crippen LogP contribution is -2.41. The number of hydrogen-bond donors (Lipinski definition) is 0. The van der Waals surface area contributed by atoms with E-state index in [1.54, 1.807) is 0 Å². The van der Waals surface area contributed by atoms with Gasteiger partial charge in [-0.25, -0.2) is 0 Å². The number of nitrogens with zero attached hydrogens (tertiary/aromatic N) is 2. The largest absolute Gasteiger partial charge is 0.417 e. The van der Waals surface area contributed by atoms with Crippen molar-refractivity contribution in [3.8, 4) is 0 Å². The van der Waals surface area contributed by atoms with Crippen LogP contribution in [0.5, 0.6) is 0 Å². The molecular weight excluding hydrogens is 272 g/mol. The fourth-order valence-corrected chi connectivity index (χ4v) is 2.48. The van der Waals surface area contributed by atoms with Crippen molar-refractivity contribution >= 4 is 14.5 Å². The molecular formula is C14H26N2O3Si. The van der Waals surface area contributed by atoms with Gasteiger partial charge in [-0.2, -0.15) is 14.7 Å². The van der Waals surface area contributed by atoms with Gasteiger partial charge >= 0.3 is 6.15 Å². The first kappa shape index (κ1) is 18.8. The van der Waals surface area contributed by atoms with Crippen LogP contribution < -0.4 is 0 Å². The molecule has 0 radical (unpaired) electrons. The first-order valence-corrected chi connectivity index (χ1v) is 9.68. The maximum Gasteiger partial charge on any atom is 0.373 e. The zero-order valence-corrected chi connectivity index (χ0v) is 14.4. The maximum absolute atomic E-state index is 8.12. The zero-order valence-electron chi connectivity index (χ0n) is 13.4. The second-order valence-corrected chi connectivity index (χ2v) is 11.1. The van der Waals surface area contributed by atoms with Gasteiger partial charge in [0.15, 0.2) is 8.32 Å². The minimum Gasteiger partial charge on any atom is -0.417 e. The maximum atomic E-state index is 8.12. The summed E-state index contributed by atoms with van der Waals surface area (Å²) in [6.45, 7) is 15.3. The average molecular weight is 298 g/mol. The first-order valence-electron chi connectivity index (χ1n) is 6.77. The summed E-state index contributed by atoms with van der Waals surface area (Å²) in [6, 6.07) is 2.04. The normalized spacial score (nSPS) is 11.5. The van der Waals surface area contributed by atoms with Crippen LogP contribution >= 0.6 is 0 Å². The molecule has 0 aliphatic rings. The van der Waals surface area contributed by atoms with Crippen LogP contribution in [0.1, 0.15) is 32.9 Å².